The highest BCUT2D eigenvalue weighted by molar-refractivity contribution is 7.98. The summed E-state index contributed by atoms with van der Waals surface area (Å²) in [5.74, 6) is 0.959. The Morgan fingerprint density at radius 3 is 2.74 bits per heavy atom. The molecule has 19 heavy (non-hydrogen) atoms. The van der Waals surface area contributed by atoms with Crippen LogP contribution in [0.3, 0.4) is 0 Å². The predicted molar refractivity (Wildman–Crippen MR) is 84.8 cm³/mol. The molecule has 1 atom stereocenters. The van der Waals surface area contributed by atoms with Crippen LogP contribution in [0.25, 0.3) is 0 Å². The van der Waals surface area contributed by atoms with Gasteiger partial charge < -0.3 is 5.32 Å². The Balaban J connectivity index is 1.87. The second kappa shape index (κ2) is 7.68. The normalized spacial score (nSPS) is 12.5. The maximum Gasteiger partial charge on any atom is 0.103 e. The van der Waals surface area contributed by atoms with Crippen LogP contribution in [0.4, 0.5) is 0 Å². The number of thioether (sulfide) groups is 1. The van der Waals surface area contributed by atoms with Gasteiger partial charge in [0.25, 0.3) is 0 Å². The number of nitrogens with one attached hydrogen (secondary N) is 1. The van der Waals surface area contributed by atoms with Gasteiger partial charge in [0, 0.05) is 22.5 Å². The molecule has 1 aromatic carbocycles. The highest BCUT2D eigenvalue weighted by Crippen LogP contribution is 2.25. The molecule has 0 saturated heterocycles. The van der Waals surface area contributed by atoms with Gasteiger partial charge in [-0.2, -0.15) is 0 Å². The van der Waals surface area contributed by atoms with E-state index in [0.29, 0.717) is 6.04 Å². The summed E-state index contributed by atoms with van der Waals surface area (Å²) in [7, 11) is 0. The molecule has 0 aliphatic carbocycles. The third-order valence-electron chi connectivity index (χ3n) is 2.93. The minimum Gasteiger partial charge on any atom is -0.310 e. The molecular weight excluding hydrogens is 272 g/mol. The largest absolute Gasteiger partial charge is 0.310 e. The summed E-state index contributed by atoms with van der Waals surface area (Å²) in [4.78, 5) is 5.61. The zero-order chi connectivity index (χ0) is 13.5. The summed E-state index contributed by atoms with van der Waals surface area (Å²) in [6.07, 6.45) is 3.04. The van der Waals surface area contributed by atoms with Crippen molar-refractivity contribution < 1.29 is 0 Å². The average molecular weight is 292 g/mol. The molecule has 2 rings (SSSR count). The molecule has 1 heterocycles. The molecule has 0 aliphatic rings. The SMILES string of the molecule is CCCNC(C)c1ccc(SCc2nccs2)cc1. The van der Waals surface area contributed by atoms with Crippen molar-refractivity contribution >= 4 is 23.1 Å². The molecule has 4 heteroatoms. The lowest BCUT2D eigenvalue weighted by Crippen LogP contribution is -2.19. The first-order chi connectivity index (χ1) is 9.29. The number of thiazole rings is 1. The first-order valence-electron chi connectivity index (χ1n) is 6.64. The molecule has 1 aromatic heterocycles. The Labute approximate surface area is 123 Å². The van der Waals surface area contributed by atoms with Crippen molar-refractivity contribution in [2.24, 2.45) is 0 Å². The number of hydrogen-bond acceptors (Lipinski definition) is 4. The zero-order valence-corrected chi connectivity index (χ0v) is 13.1. The van der Waals surface area contributed by atoms with Gasteiger partial charge in [-0.1, -0.05) is 19.1 Å². The van der Waals surface area contributed by atoms with Crippen LogP contribution in [0.5, 0.6) is 0 Å². The first-order valence-corrected chi connectivity index (χ1v) is 8.50. The molecule has 0 bridgehead atoms. The van der Waals surface area contributed by atoms with E-state index < -0.39 is 0 Å². The van der Waals surface area contributed by atoms with Crippen molar-refractivity contribution in [2.45, 2.75) is 37.0 Å². The molecule has 1 N–H and O–H groups in total. The molecule has 0 amide bonds. The van der Waals surface area contributed by atoms with Crippen molar-refractivity contribution in [3.05, 3.63) is 46.4 Å². The maximum atomic E-state index is 4.30. The van der Waals surface area contributed by atoms with Crippen LogP contribution in [0.15, 0.2) is 40.7 Å². The number of rotatable bonds is 7. The molecule has 2 nitrogen and oxygen atoms in total. The van der Waals surface area contributed by atoms with Crippen molar-refractivity contribution in [2.75, 3.05) is 6.54 Å². The third kappa shape index (κ3) is 4.64. The Bertz CT molecular complexity index is 465. The van der Waals surface area contributed by atoms with E-state index in [4.69, 9.17) is 0 Å². The minimum atomic E-state index is 0.429. The van der Waals surface area contributed by atoms with Crippen molar-refractivity contribution in [3.63, 3.8) is 0 Å². The van der Waals surface area contributed by atoms with Gasteiger partial charge >= 0.3 is 0 Å². The predicted octanol–water partition coefficient (Wildman–Crippen LogP) is 4.50. The van der Waals surface area contributed by atoms with Crippen LogP contribution in [-0.2, 0) is 5.75 Å². The molecule has 0 spiro atoms. The Kier molecular flexibility index (Phi) is 5.89. The summed E-state index contributed by atoms with van der Waals surface area (Å²) in [6, 6.07) is 9.28. The Morgan fingerprint density at radius 1 is 1.32 bits per heavy atom. The van der Waals surface area contributed by atoms with Gasteiger partial charge in [0.1, 0.15) is 5.01 Å². The van der Waals surface area contributed by atoms with Gasteiger partial charge in [-0.25, -0.2) is 4.98 Å². The lowest BCUT2D eigenvalue weighted by atomic mass is 10.1. The molecule has 2 aromatic rings. The standard InChI is InChI=1S/C15H20N2S2/c1-3-8-16-12(2)13-4-6-14(7-5-13)19-11-15-17-9-10-18-15/h4-7,9-10,12,16H,3,8,11H2,1-2H3. The maximum absolute atomic E-state index is 4.30. The van der Waals surface area contributed by atoms with Crippen LogP contribution < -0.4 is 5.32 Å². The van der Waals surface area contributed by atoms with E-state index in [1.54, 1.807) is 11.3 Å². The van der Waals surface area contributed by atoms with Gasteiger partial charge in [0.2, 0.25) is 0 Å². The summed E-state index contributed by atoms with van der Waals surface area (Å²) in [5, 5.41) is 6.72. The van der Waals surface area contributed by atoms with E-state index in [1.165, 1.54) is 21.9 Å². The molecule has 0 aliphatic heterocycles. The van der Waals surface area contributed by atoms with Crippen LogP contribution in [0.2, 0.25) is 0 Å². The molecular formula is C15H20N2S2. The summed E-state index contributed by atoms with van der Waals surface area (Å²) in [5.41, 5.74) is 1.35. The van der Waals surface area contributed by atoms with E-state index in [-0.39, 0.29) is 0 Å². The summed E-state index contributed by atoms with van der Waals surface area (Å²) >= 11 is 3.56. The van der Waals surface area contributed by atoms with Crippen LogP contribution >= 0.6 is 23.1 Å². The topological polar surface area (TPSA) is 24.9 Å². The van der Waals surface area contributed by atoms with Gasteiger partial charge in [0.05, 0.1) is 5.75 Å². The smallest absolute Gasteiger partial charge is 0.103 e. The molecule has 0 radical (unpaired) electrons. The van der Waals surface area contributed by atoms with Crippen LogP contribution in [-0.4, -0.2) is 11.5 Å². The summed E-state index contributed by atoms with van der Waals surface area (Å²) < 4.78 is 0. The summed E-state index contributed by atoms with van der Waals surface area (Å²) in [6.45, 7) is 5.48. The lowest BCUT2D eigenvalue weighted by Gasteiger charge is -2.13. The van der Waals surface area contributed by atoms with Crippen molar-refractivity contribution in [3.8, 4) is 0 Å². The molecule has 1 unspecified atom stereocenters. The van der Waals surface area contributed by atoms with E-state index in [2.05, 4.69) is 48.4 Å². The molecule has 0 saturated carbocycles. The quantitative estimate of drug-likeness (QED) is 0.761. The van der Waals surface area contributed by atoms with Gasteiger partial charge in [-0.05, 0) is 37.6 Å². The van der Waals surface area contributed by atoms with E-state index in [9.17, 15) is 0 Å². The highest BCUT2D eigenvalue weighted by Gasteiger charge is 2.04. The van der Waals surface area contributed by atoms with Gasteiger partial charge in [0.15, 0.2) is 0 Å². The lowest BCUT2D eigenvalue weighted by molar-refractivity contribution is 0.570. The van der Waals surface area contributed by atoms with Crippen LogP contribution in [0, 0.1) is 0 Å². The Hall–Kier alpha value is -0.840. The minimum absolute atomic E-state index is 0.429. The van der Waals surface area contributed by atoms with Gasteiger partial charge in [-0.3, -0.25) is 0 Å². The fourth-order valence-corrected chi connectivity index (χ4v) is 3.34. The van der Waals surface area contributed by atoms with Crippen LogP contribution in [0.1, 0.15) is 36.9 Å². The monoisotopic (exact) mass is 292 g/mol. The second-order valence-corrected chi connectivity index (χ2v) is 6.49. The average Bonchev–Trinajstić information content (AvgIpc) is 2.96. The van der Waals surface area contributed by atoms with Gasteiger partial charge in [-0.15, -0.1) is 23.1 Å². The third-order valence-corrected chi connectivity index (χ3v) is 4.91. The van der Waals surface area contributed by atoms with E-state index >= 15 is 0 Å². The number of aromatic nitrogens is 1. The fraction of sp³-hybridized carbons (Fsp3) is 0.400. The molecule has 0 fully saturated rings. The first kappa shape index (κ1) is 14.6. The zero-order valence-electron chi connectivity index (χ0n) is 11.4. The highest BCUT2D eigenvalue weighted by atomic mass is 32.2. The number of benzene rings is 1. The van der Waals surface area contributed by atoms with E-state index in [1.807, 2.05) is 23.3 Å². The molecule has 102 valence electrons. The van der Waals surface area contributed by atoms with Crippen molar-refractivity contribution in [1.29, 1.82) is 0 Å². The second-order valence-electron chi connectivity index (χ2n) is 4.46. The van der Waals surface area contributed by atoms with Crippen molar-refractivity contribution in [1.82, 2.24) is 10.3 Å². The Morgan fingerprint density at radius 2 is 2.11 bits per heavy atom. The number of hydrogen-bond donors (Lipinski definition) is 1. The number of nitrogens with zero attached hydrogens (tertiary/aromatic N) is 1. The van der Waals surface area contributed by atoms with E-state index in [0.717, 1.165) is 12.3 Å². The fourth-order valence-electron chi connectivity index (χ4n) is 1.80.